The summed E-state index contributed by atoms with van der Waals surface area (Å²) in [5.41, 5.74) is 1.39. The fourth-order valence-electron chi connectivity index (χ4n) is 2.02. The second-order valence-corrected chi connectivity index (χ2v) is 7.98. The van der Waals surface area contributed by atoms with Crippen LogP contribution in [0.25, 0.3) is 11.4 Å². The lowest BCUT2D eigenvalue weighted by Gasteiger charge is -2.04. The summed E-state index contributed by atoms with van der Waals surface area (Å²) in [7, 11) is 0. The van der Waals surface area contributed by atoms with E-state index in [1.54, 1.807) is 18.3 Å². The molecule has 0 saturated carbocycles. The van der Waals surface area contributed by atoms with Crippen molar-refractivity contribution < 1.29 is 5.11 Å². The van der Waals surface area contributed by atoms with Gasteiger partial charge in [0.2, 0.25) is 4.77 Å². The van der Waals surface area contributed by atoms with E-state index >= 15 is 0 Å². The van der Waals surface area contributed by atoms with Crippen molar-refractivity contribution in [3.8, 4) is 17.1 Å². The van der Waals surface area contributed by atoms with Crippen molar-refractivity contribution in [3.63, 3.8) is 0 Å². The smallest absolute Gasteiger partial charge is 0.216 e. The topological polar surface area (TPSA) is 66.2 Å². The van der Waals surface area contributed by atoms with Gasteiger partial charge >= 0.3 is 0 Å². The second-order valence-electron chi connectivity index (χ2n) is 4.74. The normalized spacial score (nSPS) is 11.3. The Balaban J connectivity index is 2.06. The lowest BCUT2D eigenvalue weighted by Crippen LogP contribution is -1.96. The zero-order chi connectivity index (χ0) is 17.3. The molecule has 1 aromatic heterocycles. The third-order valence-corrected chi connectivity index (χ3v) is 5.05. The highest BCUT2D eigenvalue weighted by Gasteiger charge is 2.10. The zero-order valence-electron chi connectivity index (χ0n) is 11.9. The molecule has 0 radical (unpaired) electrons. The third kappa shape index (κ3) is 3.81. The average molecular weight is 583 g/mol. The minimum absolute atomic E-state index is 0.180. The first-order chi connectivity index (χ1) is 11.5. The van der Waals surface area contributed by atoms with Gasteiger partial charge in [-0.25, -0.2) is 5.10 Å². The van der Waals surface area contributed by atoms with E-state index in [2.05, 4.69) is 60.5 Å². The monoisotopic (exact) mass is 582 g/mol. The molecule has 0 atom stereocenters. The quantitative estimate of drug-likeness (QED) is 0.258. The molecule has 2 aromatic carbocycles. The summed E-state index contributed by atoms with van der Waals surface area (Å²) in [6.45, 7) is 0. The van der Waals surface area contributed by atoms with Gasteiger partial charge in [0.15, 0.2) is 5.82 Å². The Hall–Kier alpha value is -0.980. The molecular weight excluding hydrogens is 574 g/mol. The highest BCUT2D eigenvalue weighted by atomic mass is 127. The van der Waals surface area contributed by atoms with E-state index < -0.39 is 0 Å². The van der Waals surface area contributed by atoms with Crippen LogP contribution < -0.4 is 0 Å². The number of nitrogens with one attached hydrogen (secondary N) is 1. The molecule has 0 aliphatic carbocycles. The third-order valence-electron chi connectivity index (χ3n) is 3.10. The van der Waals surface area contributed by atoms with Gasteiger partial charge in [0.25, 0.3) is 0 Å². The zero-order valence-corrected chi connectivity index (χ0v) is 17.8. The highest BCUT2D eigenvalue weighted by Crippen LogP contribution is 2.26. The fourth-order valence-corrected chi connectivity index (χ4v) is 4.28. The number of hydrogen-bond donors (Lipinski definition) is 2. The number of phenols is 1. The summed E-state index contributed by atoms with van der Waals surface area (Å²) < 4.78 is 3.60. The number of phenolic OH excluding ortho intramolecular Hbond substituents is 1. The Bertz CT molecular complexity index is 999. The number of halogens is 3. The van der Waals surface area contributed by atoms with Crippen molar-refractivity contribution in [3.05, 3.63) is 58.9 Å². The molecule has 0 aliphatic heterocycles. The van der Waals surface area contributed by atoms with Gasteiger partial charge in [-0.15, -0.1) is 0 Å². The number of H-pyrrole nitrogens is 1. The van der Waals surface area contributed by atoms with Crippen LogP contribution in [0.15, 0.2) is 41.5 Å². The van der Waals surface area contributed by atoms with Gasteiger partial charge in [0.05, 0.1) is 9.78 Å². The van der Waals surface area contributed by atoms with Crippen LogP contribution >= 0.6 is 69.0 Å². The van der Waals surface area contributed by atoms with Crippen LogP contribution in [0.4, 0.5) is 0 Å². The van der Waals surface area contributed by atoms with Gasteiger partial charge < -0.3 is 5.11 Å². The first kappa shape index (κ1) is 17.8. The van der Waals surface area contributed by atoms with Gasteiger partial charge in [0.1, 0.15) is 5.75 Å². The van der Waals surface area contributed by atoms with Crippen molar-refractivity contribution in [1.29, 1.82) is 0 Å². The van der Waals surface area contributed by atoms with E-state index in [9.17, 15) is 5.11 Å². The lowest BCUT2D eigenvalue weighted by molar-refractivity contribution is 0.470. The van der Waals surface area contributed by atoms with Crippen molar-refractivity contribution in [2.24, 2.45) is 5.10 Å². The van der Waals surface area contributed by atoms with Crippen molar-refractivity contribution in [2.45, 2.75) is 0 Å². The van der Waals surface area contributed by atoms with Gasteiger partial charge in [-0.05, 0) is 81.7 Å². The van der Waals surface area contributed by atoms with E-state index in [1.165, 1.54) is 4.68 Å². The average Bonchev–Trinajstić information content (AvgIpc) is 2.90. The largest absolute Gasteiger partial charge is 0.506 e. The first-order valence-electron chi connectivity index (χ1n) is 6.61. The Labute approximate surface area is 175 Å². The van der Waals surface area contributed by atoms with Crippen LogP contribution in [0.2, 0.25) is 5.02 Å². The maximum atomic E-state index is 10.2. The molecule has 0 bridgehead atoms. The van der Waals surface area contributed by atoms with Gasteiger partial charge in [0, 0.05) is 19.7 Å². The maximum Gasteiger partial charge on any atom is 0.216 e. The first-order valence-corrected chi connectivity index (χ1v) is 9.56. The molecule has 0 fully saturated rings. The molecule has 5 nitrogen and oxygen atoms in total. The molecule has 1 heterocycles. The van der Waals surface area contributed by atoms with E-state index in [4.69, 9.17) is 23.8 Å². The molecule has 3 aromatic rings. The SMILES string of the molecule is Oc1c(I)cc(I)cc1/C=N/n1c(-c2cccc(Cl)c2)n[nH]c1=S. The molecular formula is C15H9ClI2N4OS. The fraction of sp³-hybridized carbons (Fsp3) is 0. The molecule has 0 saturated heterocycles. The molecule has 24 heavy (non-hydrogen) atoms. The number of aromatic hydroxyl groups is 1. The number of hydrogen-bond acceptors (Lipinski definition) is 4. The van der Waals surface area contributed by atoms with E-state index in [0.29, 0.717) is 21.2 Å². The summed E-state index contributed by atoms with van der Waals surface area (Å²) in [6, 6.07) is 11.0. The predicted molar refractivity (Wildman–Crippen MR) is 114 cm³/mol. The Kier molecular flexibility index (Phi) is 5.57. The molecule has 122 valence electrons. The summed E-state index contributed by atoms with van der Waals surface area (Å²) in [5, 5.41) is 22.1. The van der Waals surface area contributed by atoms with Crippen LogP contribution in [0.3, 0.4) is 0 Å². The molecule has 2 N–H and O–H groups in total. The lowest BCUT2D eigenvalue weighted by atomic mass is 10.2. The number of nitrogens with zero attached hydrogens (tertiary/aromatic N) is 3. The molecule has 0 unspecified atom stereocenters. The van der Waals surface area contributed by atoms with Crippen LogP contribution in [0.5, 0.6) is 5.75 Å². The minimum atomic E-state index is 0.180. The minimum Gasteiger partial charge on any atom is -0.506 e. The number of rotatable bonds is 3. The van der Waals surface area contributed by atoms with Gasteiger partial charge in [-0.2, -0.15) is 14.9 Å². The van der Waals surface area contributed by atoms with Crippen LogP contribution in [0.1, 0.15) is 5.56 Å². The highest BCUT2D eigenvalue weighted by molar-refractivity contribution is 14.1. The van der Waals surface area contributed by atoms with Crippen molar-refractivity contribution >= 4 is 75.2 Å². The Morgan fingerprint density at radius 1 is 1.29 bits per heavy atom. The molecule has 0 amide bonds. The van der Waals surface area contributed by atoms with Gasteiger partial charge in [-0.3, -0.25) is 0 Å². The summed E-state index contributed by atoms with van der Waals surface area (Å²) >= 11 is 15.5. The molecule has 0 spiro atoms. The molecule has 3 rings (SSSR count). The summed E-state index contributed by atoms with van der Waals surface area (Å²) in [4.78, 5) is 0. The molecule has 0 aliphatic rings. The van der Waals surface area contributed by atoms with E-state index in [-0.39, 0.29) is 5.75 Å². The number of aromatic nitrogens is 3. The van der Waals surface area contributed by atoms with Crippen LogP contribution in [-0.4, -0.2) is 26.2 Å². The van der Waals surface area contributed by atoms with E-state index in [0.717, 1.165) is 12.7 Å². The van der Waals surface area contributed by atoms with Gasteiger partial charge in [-0.1, -0.05) is 23.7 Å². The number of aromatic amines is 1. The standard InChI is InChI=1S/C15H9ClI2N4OS/c16-10-3-1-2-8(4-10)14-20-21-15(24)22(14)19-7-9-5-11(17)6-12(18)13(9)23/h1-7,23H,(H,21,24)/b19-7+. The van der Waals surface area contributed by atoms with E-state index in [1.807, 2.05) is 24.3 Å². The van der Waals surface area contributed by atoms with Crippen LogP contribution in [-0.2, 0) is 0 Å². The second kappa shape index (κ2) is 7.50. The summed E-state index contributed by atoms with van der Waals surface area (Å²) in [5.74, 6) is 0.720. The Morgan fingerprint density at radius 2 is 2.08 bits per heavy atom. The van der Waals surface area contributed by atoms with Crippen molar-refractivity contribution in [1.82, 2.24) is 14.9 Å². The molecule has 9 heteroatoms. The van der Waals surface area contributed by atoms with Crippen molar-refractivity contribution in [2.75, 3.05) is 0 Å². The predicted octanol–water partition coefficient (Wildman–Crippen LogP) is 5.06. The Morgan fingerprint density at radius 3 is 2.83 bits per heavy atom. The maximum absolute atomic E-state index is 10.2. The summed E-state index contributed by atoms with van der Waals surface area (Å²) in [6.07, 6.45) is 1.55. The van der Waals surface area contributed by atoms with Crippen LogP contribution in [0, 0.1) is 11.9 Å². The number of benzene rings is 2.